The fourth-order valence-corrected chi connectivity index (χ4v) is 1.15. The van der Waals surface area contributed by atoms with Gasteiger partial charge in [0.1, 0.15) is 12.4 Å². The van der Waals surface area contributed by atoms with E-state index in [4.69, 9.17) is 5.11 Å². The van der Waals surface area contributed by atoms with Crippen molar-refractivity contribution in [3.63, 3.8) is 0 Å². The van der Waals surface area contributed by atoms with Crippen LogP contribution in [0.3, 0.4) is 0 Å². The lowest BCUT2D eigenvalue weighted by atomic mass is 10.1. The number of aliphatic hydroxyl groups is 1. The summed E-state index contributed by atoms with van der Waals surface area (Å²) in [5, 5.41) is 8.49. The van der Waals surface area contributed by atoms with E-state index in [1.807, 2.05) is 0 Å². The molecule has 0 amide bonds. The molecule has 0 saturated carbocycles. The van der Waals surface area contributed by atoms with Gasteiger partial charge in [-0.05, 0) is 18.2 Å². The van der Waals surface area contributed by atoms with E-state index < -0.39 is 5.82 Å². The predicted octanol–water partition coefficient (Wildman–Crippen LogP) is 1.76. The summed E-state index contributed by atoms with van der Waals surface area (Å²) in [4.78, 5) is 11.3. The van der Waals surface area contributed by atoms with Crippen LogP contribution in [0.25, 0.3) is 0 Å². The number of halogens is 1. The van der Waals surface area contributed by atoms with Crippen molar-refractivity contribution in [3.05, 3.63) is 35.1 Å². The monoisotopic (exact) mass is 206 g/mol. The molecule has 0 unspecified atom stereocenters. The highest BCUT2D eigenvalue weighted by Gasteiger charge is 2.09. The molecule has 0 aromatic heterocycles. The number of hydrogen-bond donors (Lipinski definition) is 1. The first-order chi connectivity index (χ1) is 7.19. The summed E-state index contributed by atoms with van der Waals surface area (Å²) in [5.41, 5.74) is 0.587. The van der Waals surface area contributed by atoms with Crippen molar-refractivity contribution in [2.75, 3.05) is 6.61 Å². The zero-order chi connectivity index (χ0) is 11.3. The molecule has 78 valence electrons. The Labute approximate surface area is 87.7 Å². The molecular formula is C12H11FO2. The standard InChI is InChI=1S/C12H11FO2/c1-2-12(15)10-8-9(4-3-7-14)5-6-11(10)13/h5-6,8,14H,2,7H2,1H3. The second-order valence-electron chi connectivity index (χ2n) is 2.93. The van der Waals surface area contributed by atoms with Gasteiger partial charge in [-0.1, -0.05) is 18.8 Å². The summed E-state index contributed by atoms with van der Waals surface area (Å²) >= 11 is 0. The molecule has 0 heterocycles. The van der Waals surface area contributed by atoms with Crippen LogP contribution in [0.4, 0.5) is 4.39 Å². The molecule has 1 N–H and O–H groups in total. The van der Waals surface area contributed by atoms with Crippen molar-refractivity contribution in [1.29, 1.82) is 0 Å². The van der Waals surface area contributed by atoms with Gasteiger partial charge in [0.05, 0.1) is 5.56 Å². The maximum absolute atomic E-state index is 13.2. The van der Waals surface area contributed by atoms with Crippen LogP contribution in [0.5, 0.6) is 0 Å². The van der Waals surface area contributed by atoms with Crippen LogP contribution >= 0.6 is 0 Å². The van der Waals surface area contributed by atoms with Gasteiger partial charge >= 0.3 is 0 Å². The van der Waals surface area contributed by atoms with Gasteiger partial charge < -0.3 is 5.11 Å². The first-order valence-electron chi connectivity index (χ1n) is 4.61. The smallest absolute Gasteiger partial charge is 0.165 e. The van der Waals surface area contributed by atoms with Crippen molar-refractivity contribution >= 4 is 5.78 Å². The number of benzene rings is 1. The van der Waals surface area contributed by atoms with E-state index in [1.165, 1.54) is 18.2 Å². The number of carbonyl (C=O) groups excluding carboxylic acids is 1. The minimum absolute atomic E-state index is 0.0576. The normalized spacial score (nSPS) is 9.27. The van der Waals surface area contributed by atoms with Crippen LogP contribution in [0.1, 0.15) is 29.3 Å². The number of Topliss-reactive ketones (excluding diaryl/α,β-unsaturated/α-hetero) is 1. The number of rotatable bonds is 2. The SMILES string of the molecule is CCC(=O)c1cc(C#CCO)ccc1F. The lowest BCUT2D eigenvalue weighted by Gasteiger charge is -2.00. The fourth-order valence-electron chi connectivity index (χ4n) is 1.15. The van der Waals surface area contributed by atoms with Crippen molar-refractivity contribution in [3.8, 4) is 11.8 Å². The van der Waals surface area contributed by atoms with E-state index in [0.29, 0.717) is 5.56 Å². The lowest BCUT2D eigenvalue weighted by molar-refractivity contribution is 0.0984. The van der Waals surface area contributed by atoms with Crippen molar-refractivity contribution < 1.29 is 14.3 Å². The summed E-state index contributed by atoms with van der Waals surface area (Å²) in [5.74, 6) is 4.28. The van der Waals surface area contributed by atoms with Gasteiger partial charge in [0.2, 0.25) is 0 Å². The topological polar surface area (TPSA) is 37.3 Å². The Morgan fingerprint density at radius 2 is 2.27 bits per heavy atom. The molecule has 0 spiro atoms. The van der Waals surface area contributed by atoms with E-state index >= 15 is 0 Å². The maximum atomic E-state index is 13.2. The number of ketones is 1. The van der Waals surface area contributed by atoms with E-state index in [-0.39, 0.29) is 24.4 Å². The molecule has 0 atom stereocenters. The van der Waals surface area contributed by atoms with Crippen LogP contribution in [-0.2, 0) is 0 Å². The molecule has 1 aromatic carbocycles. The quantitative estimate of drug-likeness (QED) is 0.591. The number of carbonyl (C=O) groups is 1. The van der Waals surface area contributed by atoms with Gasteiger partial charge in [-0.2, -0.15) is 0 Å². The van der Waals surface area contributed by atoms with E-state index in [2.05, 4.69) is 11.8 Å². The first-order valence-corrected chi connectivity index (χ1v) is 4.61. The van der Waals surface area contributed by atoms with Crippen LogP contribution < -0.4 is 0 Å². The molecule has 1 rings (SSSR count). The maximum Gasteiger partial charge on any atom is 0.165 e. The average molecular weight is 206 g/mol. The van der Waals surface area contributed by atoms with Gasteiger partial charge in [0.15, 0.2) is 5.78 Å². The summed E-state index contributed by atoms with van der Waals surface area (Å²) in [6.07, 6.45) is 0.258. The Balaban J connectivity index is 3.10. The van der Waals surface area contributed by atoms with Crippen molar-refractivity contribution in [2.24, 2.45) is 0 Å². The Hall–Kier alpha value is -1.66. The van der Waals surface area contributed by atoms with Crippen LogP contribution in [0.2, 0.25) is 0 Å². The van der Waals surface area contributed by atoms with Gasteiger partial charge in [0.25, 0.3) is 0 Å². The third kappa shape index (κ3) is 2.90. The van der Waals surface area contributed by atoms with E-state index in [9.17, 15) is 9.18 Å². The molecule has 3 heteroatoms. The van der Waals surface area contributed by atoms with Crippen molar-refractivity contribution in [1.82, 2.24) is 0 Å². The third-order valence-corrected chi connectivity index (χ3v) is 1.90. The predicted molar refractivity (Wildman–Crippen MR) is 55.0 cm³/mol. The molecular weight excluding hydrogens is 195 g/mol. The molecule has 0 bridgehead atoms. The Bertz CT molecular complexity index is 427. The van der Waals surface area contributed by atoms with E-state index in [0.717, 1.165) is 0 Å². The molecule has 0 aliphatic carbocycles. The van der Waals surface area contributed by atoms with Crippen LogP contribution in [0.15, 0.2) is 18.2 Å². The molecule has 15 heavy (non-hydrogen) atoms. The second-order valence-corrected chi connectivity index (χ2v) is 2.93. The minimum Gasteiger partial charge on any atom is -0.384 e. The van der Waals surface area contributed by atoms with Crippen LogP contribution in [-0.4, -0.2) is 17.5 Å². The third-order valence-electron chi connectivity index (χ3n) is 1.90. The lowest BCUT2D eigenvalue weighted by Crippen LogP contribution is -2.00. The fraction of sp³-hybridized carbons (Fsp3) is 0.250. The molecule has 0 aliphatic heterocycles. The first kappa shape index (κ1) is 11.4. The minimum atomic E-state index is -0.531. The molecule has 0 aliphatic rings. The van der Waals surface area contributed by atoms with Gasteiger partial charge in [0, 0.05) is 12.0 Å². The van der Waals surface area contributed by atoms with Crippen molar-refractivity contribution in [2.45, 2.75) is 13.3 Å². The molecule has 1 aromatic rings. The highest BCUT2D eigenvalue weighted by atomic mass is 19.1. The zero-order valence-electron chi connectivity index (χ0n) is 8.38. The highest BCUT2D eigenvalue weighted by Crippen LogP contribution is 2.12. The summed E-state index contributed by atoms with van der Waals surface area (Å²) in [7, 11) is 0. The van der Waals surface area contributed by atoms with Gasteiger partial charge in [-0.3, -0.25) is 4.79 Å². The average Bonchev–Trinajstić information content (AvgIpc) is 2.27. The highest BCUT2D eigenvalue weighted by molar-refractivity contribution is 5.96. The van der Waals surface area contributed by atoms with Gasteiger partial charge in [-0.15, -0.1) is 0 Å². The summed E-state index contributed by atoms with van der Waals surface area (Å²) < 4.78 is 13.2. The molecule has 0 saturated heterocycles. The summed E-state index contributed by atoms with van der Waals surface area (Å²) in [6, 6.07) is 4.10. The van der Waals surface area contributed by atoms with E-state index in [1.54, 1.807) is 6.92 Å². The molecule has 2 nitrogen and oxygen atoms in total. The summed E-state index contributed by atoms with van der Waals surface area (Å²) in [6.45, 7) is 1.42. The largest absolute Gasteiger partial charge is 0.384 e. The Morgan fingerprint density at radius 1 is 1.53 bits per heavy atom. The number of aliphatic hydroxyl groups excluding tert-OH is 1. The Morgan fingerprint density at radius 3 is 2.87 bits per heavy atom. The van der Waals surface area contributed by atoms with Gasteiger partial charge in [-0.25, -0.2) is 4.39 Å². The number of hydrogen-bond acceptors (Lipinski definition) is 2. The zero-order valence-corrected chi connectivity index (χ0v) is 8.38. The second kappa shape index (κ2) is 5.28. The molecule has 0 radical (unpaired) electrons. The Kier molecular flexibility index (Phi) is 4.02. The molecule has 0 fully saturated rings. The van der Waals surface area contributed by atoms with Crippen LogP contribution in [0, 0.1) is 17.7 Å².